The number of carbonyl (C=O) groups excluding carboxylic acids is 1. The number of rotatable bonds is 5. The van der Waals surface area contributed by atoms with Crippen LogP contribution in [0.3, 0.4) is 0 Å². The SMILES string of the molecule is CC(C)CNc1ccc(NC(=O)c2ccc3c(c2)OCO3)nn1. The van der Waals surface area contributed by atoms with Crippen LogP contribution in [-0.2, 0) is 0 Å². The fourth-order valence-electron chi connectivity index (χ4n) is 2.03. The summed E-state index contributed by atoms with van der Waals surface area (Å²) in [6, 6.07) is 8.52. The van der Waals surface area contributed by atoms with Crippen LogP contribution in [0.4, 0.5) is 11.6 Å². The monoisotopic (exact) mass is 314 g/mol. The first-order valence-corrected chi connectivity index (χ1v) is 7.40. The van der Waals surface area contributed by atoms with E-state index in [0.29, 0.717) is 34.6 Å². The maximum atomic E-state index is 12.2. The predicted molar refractivity (Wildman–Crippen MR) is 85.9 cm³/mol. The summed E-state index contributed by atoms with van der Waals surface area (Å²) in [5, 5.41) is 13.9. The van der Waals surface area contributed by atoms with E-state index in [9.17, 15) is 4.79 Å². The van der Waals surface area contributed by atoms with E-state index in [-0.39, 0.29) is 12.7 Å². The van der Waals surface area contributed by atoms with Crippen LogP contribution in [0.2, 0.25) is 0 Å². The van der Waals surface area contributed by atoms with Gasteiger partial charge in [-0.3, -0.25) is 4.79 Å². The van der Waals surface area contributed by atoms with E-state index >= 15 is 0 Å². The number of hydrogen-bond donors (Lipinski definition) is 2. The number of benzene rings is 1. The molecule has 3 rings (SSSR count). The van der Waals surface area contributed by atoms with Crippen molar-refractivity contribution in [3.63, 3.8) is 0 Å². The van der Waals surface area contributed by atoms with Crippen molar-refractivity contribution in [2.75, 3.05) is 24.0 Å². The molecule has 2 aromatic rings. The number of nitrogens with one attached hydrogen (secondary N) is 2. The average Bonchev–Trinajstić information content (AvgIpc) is 3.01. The van der Waals surface area contributed by atoms with Gasteiger partial charge in [0.05, 0.1) is 0 Å². The van der Waals surface area contributed by atoms with Crippen LogP contribution >= 0.6 is 0 Å². The van der Waals surface area contributed by atoms with Gasteiger partial charge < -0.3 is 20.1 Å². The van der Waals surface area contributed by atoms with E-state index in [1.165, 1.54) is 0 Å². The zero-order valence-corrected chi connectivity index (χ0v) is 13.0. The third-order valence-corrected chi connectivity index (χ3v) is 3.23. The third-order valence-electron chi connectivity index (χ3n) is 3.23. The summed E-state index contributed by atoms with van der Waals surface area (Å²) in [6.07, 6.45) is 0. The molecule has 0 spiro atoms. The van der Waals surface area contributed by atoms with Gasteiger partial charge in [-0.25, -0.2) is 0 Å². The van der Waals surface area contributed by atoms with Gasteiger partial charge in [0, 0.05) is 12.1 Å². The minimum atomic E-state index is -0.277. The molecule has 0 aliphatic carbocycles. The van der Waals surface area contributed by atoms with Crippen molar-refractivity contribution in [1.82, 2.24) is 10.2 Å². The molecule has 0 saturated heterocycles. The van der Waals surface area contributed by atoms with Gasteiger partial charge in [-0.15, -0.1) is 10.2 Å². The first-order chi connectivity index (χ1) is 11.1. The fraction of sp³-hybridized carbons (Fsp3) is 0.312. The second-order valence-corrected chi connectivity index (χ2v) is 5.60. The molecule has 0 atom stereocenters. The molecule has 23 heavy (non-hydrogen) atoms. The Hall–Kier alpha value is -2.83. The van der Waals surface area contributed by atoms with Crippen molar-refractivity contribution in [2.24, 2.45) is 5.92 Å². The molecule has 0 radical (unpaired) electrons. The van der Waals surface area contributed by atoms with Crippen molar-refractivity contribution in [3.05, 3.63) is 35.9 Å². The summed E-state index contributed by atoms with van der Waals surface area (Å²) in [5.74, 6) is 2.52. The Morgan fingerprint density at radius 2 is 1.87 bits per heavy atom. The van der Waals surface area contributed by atoms with Gasteiger partial charge in [-0.2, -0.15) is 0 Å². The quantitative estimate of drug-likeness (QED) is 0.882. The number of hydrogen-bond acceptors (Lipinski definition) is 6. The van der Waals surface area contributed by atoms with Crippen molar-refractivity contribution < 1.29 is 14.3 Å². The number of aromatic nitrogens is 2. The standard InChI is InChI=1S/C16H18N4O3/c1-10(2)8-17-14-5-6-15(20-19-14)18-16(21)11-3-4-12-13(7-11)23-9-22-12/h3-7,10H,8-9H2,1-2H3,(H,17,19)(H,18,20,21). The number of nitrogens with zero attached hydrogens (tertiary/aromatic N) is 2. The molecule has 1 aliphatic rings. The molecule has 7 nitrogen and oxygen atoms in total. The van der Waals surface area contributed by atoms with Crippen LogP contribution in [0, 0.1) is 5.92 Å². The van der Waals surface area contributed by atoms with E-state index in [4.69, 9.17) is 9.47 Å². The van der Waals surface area contributed by atoms with E-state index in [1.54, 1.807) is 30.3 Å². The number of ether oxygens (including phenoxy) is 2. The van der Waals surface area contributed by atoms with Crippen LogP contribution in [-0.4, -0.2) is 29.4 Å². The van der Waals surface area contributed by atoms with Gasteiger partial charge in [-0.05, 0) is 36.2 Å². The molecule has 2 heterocycles. The third kappa shape index (κ3) is 3.68. The summed E-state index contributed by atoms with van der Waals surface area (Å²) in [6.45, 7) is 5.22. The molecule has 1 aromatic heterocycles. The summed E-state index contributed by atoms with van der Waals surface area (Å²) in [7, 11) is 0. The van der Waals surface area contributed by atoms with Crippen LogP contribution < -0.4 is 20.1 Å². The Morgan fingerprint density at radius 3 is 2.61 bits per heavy atom. The molecular weight excluding hydrogens is 296 g/mol. The molecular formula is C16H18N4O3. The first-order valence-electron chi connectivity index (χ1n) is 7.40. The Kier molecular flexibility index (Phi) is 4.27. The van der Waals surface area contributed by atoms with Crippen LogP contribution in [0.25, 0.3) is 0 Å². The van der Waals surface area contributed by atoms with E-state index < -0.39 is 0 Å². The smallest absolute Gasteiger partial charge is 0.257 e. The number of anilines is 2. The molecule has 0 saturated carbocycles. The summed E-state index contributed by atoms with van der Waals surface area (Å²) < 4.78 is 10.5. The molecule has 7 heteroatoms. The molecule has 0 fully saturated rings. The largest absolute Gasteiger partial charge is 0.454 e. The molecule has 0 unspecified atom stereocenters. The second kappa shape index (κ2) is 6.51. The lowest BCUT2D eigenvalue weighted by molar-refractivity contribution is 0.102. The Balaban J connectivity index is 1.63. The van der Waals surface area contributed by atoms with E-state index in [2.05, 4.69) is 34.7 Å². The summed E-state index contributed by atoms with van der Waals surface area (Å²) >= 11 is 0. The number of carbonyl (C=O) groups is 1. The van der Waals surface area contributed by atoms with Gasteiger partial charge in [0.2, 0.25) is 6.79 Å². The van der Waals surface area contributed by atoms with Gasteiger partial charge in [0.1, 0.15) is 5.82 Å². The Morgan fingerprint density at radius 1 is 1.13 bits per heavy atom. The van der Waals surface area contributed by atoms with Crippen LogP contribution in [0.15, 0.2) is 30.3 Å². The van der Waals surface area contributed by atoms with Crippen molar-refractivity contribution in [2.45, 2.75) is 13.8 Å². The molecule has 1 aromatic carbocycles. The highest BCUT2D eigenvalue weighted by Gasteiger charge is 2.16. The highest BCUT2D eigenvalue weighted by Crippen LogP contribution is 2.32. The molecule has 0 bridgehead atoms. The summed E-state index contributed by atoms with van der Waals surface area (Å²) in [5.41, 5.74) is 0.470. The molecule has 1 amide bonds. The predicted octanol–water partition coefficient (Wildman–Crippen LogP) is 2.53. The minimum absolute atomic E-state index is 0.177. The second-order valence-electron chi connectivity index (χ2n) is 5.60. The molecule has 2 N–H and O–H groups in total. The van der Waals surface area contributed by atoms with Crippen molar-refractivity contribution >= 4 is 17.5 Å². The lowest BCUT2D eigenvalue weighted by atomic mass is 10.2. The maximum Gasteiger partial charge on any atom is 0.257 e. The zero-order chi connectivity index (χ0) is 16.2. The number of amides is 1. The first kappa shape index (κ1) is 15.1. The van der Waals surface area contributed by atoms with E-state index in [0.717, 1.165) is 6.54 Å². The van der Waals surface area contributed by atoms with Crippen LogP contribution in [0.5, 0.6) is 11.5 Å². The topological polar surface area (TPSA) is 85.4 Å². The fourth-order valence-corrected chi connectivity index (χ4v) is 2.03. The number of fused-ring (bicyclic) bond motifs is 1. The van der Waals surface area contributed by atoms with E-state index in [1.807, 2.05) is 0 Å². The highest BCUT2D eigenvalue weighted by molar-refractivity contribution is 6.04. The minimum Gasteiger partial charge on any atom is -0.454 e. The lowest BCUT2D eigenvalue weighted by Gasteiger charge is -2.08. The van der Waals surface area contributed by atoms with Crippen LogP contribution in [0.1, 0.15) is 24.2 Å². The van der Waals surface area contributed by atoms with Crippen molar-refractivity contribution in [3.8, 4) is 11.5 Å². The van der Waals surface area contributed by atoms with Gasteiger partial charge in [-0.1, -0.05) is 13.8 Å². The van der Waals surface area contributed by atoms with Gasteiger partial charge in [0.25, 0.3) is 5.91 Å². The summed E-state index contributed by atoms with van der Waals surface area (Å²) in [4.78, 5) is 12.2. The zero-order valence-electron chi connectivity index (χ0n) is 13.0. The van der Waals surface area contributed by atoms with Gasteiger partial charge >= 0.3 is 0 Å². The van der Waals surface area contributed by atoms with Crippen molar-refractivity contribution in [1.29, 1.82) is 0 Å². The molecule has 120 valence electrons. The average molecular weight is 314 g/mol. The van der Waals surface area contributed by atoms with Gasteiger partial charge in [0.15, 0.2) is 17.3 Å². The normalized spacial score (nSPS) is 12.3. The lowest BCUT2D eigenvalue weighted by Crippen LogP contribution is -2.14. The Bertz CT molecular complexity index is 701. The highest BCUT2D eigenvalue weighted by atomic mass is 16.7. The molecule has 1 aliphatic heterocycles. The maximum absolute atomic E-state index is 12.2. The Labute approximate surface area is 134 Å².